The molecule has 20 heavy (non-hydrogen) atoms. The van der Waals surface area contributed by atoms with Gasteiger partial charge in [-0.05, 0) is 39.0 Å². The molecule has 0 aliphatic rings. The molecule has 0 atom stereocenters. The van der Waals surface area contributed by atoms with E-state index in [1.54, 1.807) is 23.1 Å². The molecular weight excluding hydrogens is 250 g/mol. The summed E-state index contributed by atoms with van der Waals surface area (Å²) in [6.07, 6.45) is 1.74. The molecule has 0 saturated carbocycles. The predicted molar refractivity (Wildman–Crippen MR) is 86.2 cm³/mol. The van der Waals surface area contributed by atoms with Gasteiger partial charge in [0.15, 0.2) is 0 Å². The van der Waals surface area contributed by atoms with Gasteiger partial charge < -0.3 is 15.5 Å². The standard InChI is InChI=1S/C16H25N3O/c1-7-10-19(16(2,3)4)15(20)13-11-12(17)8-9-14(13)18(5)6/h7-9,11H,1,10,17H2,2-6H3. The molecule has 0 unspecified atom stereocenters. The van der Waals surface area contributed by atoms with Crippen molar-refractivity contribution in [2.45, 2.75) is 26.3 Å². The number of carbonyl (C=O) groups excluding carboxylic acids is 1. The van der Waals surface area contributed by atoms with E-state index in [-0.39, 0.29) is 11.4 Å². The maximum Gasteiger partial charge on any atom is 0.256 e. The van der Waals surface area contributed by atoms with E-state index >= 15 is 0 Å². The number of hydrogen-bond donors (Lipinski definition) is 1. The molecule has 1 aromatic carbocycles. The van der Waals surface area contributed by atoms with Crippen molar-refractivity contribution in [3.8, 4) is 0 Å². The molecule has 4 nitrogen and oxygen atoms in total. The Morgan fingerprint density at radius 2 is 1.95 bits per heavy atom. The smallest absolute Gasteiger partial charge is 0.256 e. The second-order valence-corrected chi connectivity index (χ2v) is 6.05. The Labute approximate surface area is 121 Å². The summed E-state index contributed by atoms with van der Waals surface area (Å²) < 4.78 is 0. The summed E-state index contributed by atoms with van der Waals surface area (Å²) in [6.45, 7) is 10.3. The number of amides is 1. The summed E-state index contributed by atoms with van der Waals surface area (Å²) in [4.78, 5) is 16.6. The number of rotatable bonds is 4. The first-order valence-electron chi connectivity index (χ1n) is 6.68. The summed E-state index contributed by atoms with van der Waals surface area (Å²) in [5, 5.41) is 0. The molecule has 1 rings (SSSR count). The van der Waals surface area contributed by atoms with Crippen LogP contribution < -0.4 is 10.6 Å². The minimum absolute atomic E-state index is 0.0339. The molecule has 1 aromatic rings. The highest BCUT2D eigenvalue weighted by atomic mass is 16.2. The van der Waals surface area contributed by atoms with E-state index in [1.807, 2.05) is 45.8 Å². The topological polar surface area (TPSA) is 49.6 Å². The molecule has 110 valence electrons. The SMILES string of the molecule is C=CCN(C(=O)c1cc(N)ccc1N(C)C)C(C)(C)C. The second kappa shape index (κ2) is 5.99. The first kappa shape index (κ1) is 16.1. The lowest BCUT2D eigenvalue weighted by atomic mass is 10.0. The summed E-state index contributed by atoms with van der Waals surface area (Å²) in [7, 11) is 3.83. The van der Waals surface area contributed by atoms with E-state index in [0.717, 1.165) is 5.69 Å². The van der Waals surface area contributed by atoms with Gasteiger partial charge in [-0.15, -0.1) is 6.58 Å². The van der Waals surface area contributed by atoms with Crippen LogP contribution in [0.2, 0.25) is 0 Å². The zero-order chi connectivity index (χ0) is 15.5. The zero-order valence-corrected chi connectivity index (χ0v) is 13.1. The van der Waals surface area contributed by atoms with Crippen molar-refractivity contribution in [2.24, 2.45) is 0 Å². The highest BCUT2D eigenvalue weighted by Gasteiger charge is 2.28. The normalized spacial score (nSPS) is 11.1. The lowest BCUT2D eigenvalue weighted by Crippen LogP contribution is -2.46. The molecule has 0 aliphatic carbocycles. The number of benzene rings is 1. The average Bonchev–Trinajstić information content (AvgIpc) is 2.33. The monoisotopic (exact) mass is 275 g/mol. The van der Waals surface area contributed by atoms with Crippen LogP contribution in [-0.4, -0.2) is 37.0 Å². The van der Waals surface area contributed by atoms with E-state index in [4.69, 9.17) is 5.73 Å². The maximum absolute atomic E-state index is 12.9. The summed E-state index contributed by atoms with van der Waals surface area (Å²) in [5.41, 5.74) is 7.63. The molecule has 0 spiro atoms. The molecule has 0 heterocycles. The van der Waals surface area contributed by atoms with Gasteiger partial charge in [0.05, 0.1) is 5.56 Å². The van der Waals surface area contributed by atoms with Crippen molar-refractivity contribution in [1.29, 1.82) is 0 Å². The Kier molecular flexibility index (Phi) is 4.82. The predicted octanol–water partition coefficient (Wildman–Crippen LogP) is 2.76. The third kappa shape index (κ3) is 3.53. The van der Waals surface area contributed by atoms with E-state index in [2.05, 4.69) is 6.58 Å². The fraction of sp³-hybridized carbons (Fsp3) is 0.438. The molecular formula is C16H25N3O. The van der Waals surface area contributed by atoms with Crippen molar-refractivity contribution in [3.05, 3.63) is 36.4 Å². The van der Waals surface area contributed by atoms with Gasteiger partial charge in [-0.2, -0.15) is 0 Å². The van der Waals surface area contributed by atoms with Gasteiger partial charge in [0.25, 0.3) is 5.91 Å². The van der Waals surface area contributed by atoms with Gasteiger partial charge in [-0.25, -0.2) is 0 Å². The number of anilines is 2. The van der Waals surface area contributed by atoms with Crippen LogP contribution >= 0.6 is 0 Å². The quantitative estimate of drug-likeness (QED) is 0.679. The van der Waals surface area contributed by atoms with Crippen molar-refractivity contribution < 1.29 is 4.79 Å². The largest absolute Gasteiger partial charge is 0.399 e. The van der Waals surface area contributed by atoms with Crippen molar-refractivity contribution >= 4 is 17.3 Å². The molecule has 0 fully saturated rings. The van der Waals surface area contributed by atoms with E-state index in [1.165, 1.54) is 0 Å². The maximum atomic E-state index is 12.9. The van der Waals surface area contributed by atoms with Crippen LogP contribution in [0.25, 0.3) is 0 Å². The van der Waals surface area contributed by atoms with Gasteiger partial charge in [0.1, 0.15) is 0 Å². The van der Waals surface area contributed by atoms with Crippen LogP contribution in [0.4, 0.5) is 11.4 Å². The number of nitrogens with two attached hydrogens (primary N) is 1. The molecule has 0 aliphatic heterocycles. The lowest BCUT2D eigenvalue weighted by molar-refractivity contribution is 0.0617. The van der Waals surface area contributed by atoms with Crippen LogP contribution in [0, 0.1) is 0 Å². The summed E-state index contributed by atoms with van der Waals surface area (Å²) in [5.74, 6) is -0.0339. The van der Waals surface area contributed by atoms with Gasteiger partial charge >= 0.3 is 0 Å². The molecule has 4 heteroatoms. The number of hydrogen-bond acceptors (Lipinski definition) is 3. The first-order chi connectivity index (χ1) is 9.18. The van der Waals surface area contributed by atoms with Crippen LogP contribution in [0.1, 0.15) is 31.1 Å². The summed E-state index contributed by atoms with van der Waals surface area (Å²) in [6, 6.07) is 5.41. The molecule has 0 radical (unpaired) electrons. The molecule has 1 amide bonds. The van der Waals surface area contributed by atoms with Gasteiger partial charge in [-0.3, -0.25) is 4.79 Å². The van der Waals surface area contributed by atoms with Crippen LogP contribution in [0.15, 0.2) is 30.9 Å². The molecule has 0 bridgehead atoms. The number of nitrogen functional groups attached to an aromatic ring is 1. The third-order valence-electron chi connectivity index (χ3n) is 3.10. The van der Waals surface area contributed by atoms with Crippen molar-refractivity contribution in [1.82, 2.24) is 4.90 Å². The minimum atomic E-state index is -0.278. The van der Waals surface area contributed by atoms with Gasteiger partial charge in [0.2, 0.25) is 0 Å². The Balaban J connectivity index is 3.31. The highest BCUT2D eigenvalue weighted by molar-refractivity contribution is 6.01. The first-order valence-corrected chi connectivity index (χ1v) is 6.68. The average molecular weight is 275 g/mol. The van der Waals surface area contributed by atoms with Crippen LogP contribution in [0.5, 0.6) is 0 Å². The number of nitrogens with zero attached hydrogens (tertiary/aromatic N) is 2. The van der Waals surface area contributed by atoms with Gasteiger partial charge in [-0.1, -0.05) is 6.08 Å². The Bertz CT molecular complexity index is 501. The molecule has 2 N–H and O–H groups in total. The lowest BCUT2D eigenvalue weighted by Gasteiger charge is -2.36. The van der Waals surface area contributed by atoms with E-state index in [0.29, 0.717) is 17.8 Å². The minimum Gasteiger partial charge on any atom is -0.399 e. The third-order valence-corrected chi connectivity index (χ3v) is 3.10. The Morgan fingerprint density at radius 3 is 2.40 bits per heavy atom. The van der Waals surface area contributed by atoms with Gasteiger partial charge in [0, 0.05) is 37.6 Å². The zero-order valence-electron chi connectivity index (χ0n) is 13.1. The van der Waals surface area contributed by atoms with Crippen LogP contribution in [0.3, 0.4) is 0 Å². The fourth-order valence-corrected chi connectivity index (χ4v) is 2.05. The summed E-state index contributed by atoms with van der Waals surface area (Å²) >= 11 is 0. The highest BCUT2D eigenvalue weighted by Crippen LogP contribution is 2.26. The van der Waals surface area contributed by atoms with E-state index in [9.17, 15) is 4.79 Å². The molecule has 0 saturated heterocycles. The molecule has 0 aromatic heterocycles. The Morgan fingerprint density at radius 1 is 1.35 bits per heavy atom. The van der Waals surface area contributed by atoms with Crippen molar-refractivity contribution in [2.75, 3.05) is 31.3 Å². The van der Waals surface area contributed by atoms with Crippen molar-refractivity contribution in [3.63, 3.8) is 0 Å². The Hall–Kier alpha value is -1.97. The fourth-order valence-electron chi connectivity index (χ4n) is 2.05. The van der Waals surface area contributed by atoms with E-state index < -0.39 is 0 Å². The number of carbonyl (C=O) groups is 1. The van der Waals surface area contributed by atoms with Crippen LogP contribution in [-0.2, 0) is 0 Å². The second-order valence-electron chi connectivity index (χ2n) is 6.05.